The molecule has 0 amide bonds. The molecule has 0 rings (SSSR count). The Morgan fingerprint density at radius 3 is 1.22 bits per heavy atom. The molecule has 0 saturated carbocycles. The minimum Gasteiger partial charge on any atom is -0.397 e. The molecule has 0 aliphatic heterocycles. The van der Waals surface area contributed by atoms with Crippen LogP contribution in [0.25, 0.3) is 0 Å². The van der Waals surface area contributed by atoms with Gasteiger partial charge < -0.3 is 16.4 Å². The lowest BCUT2D eigenvalue weighted by atomic mass is 10.9. The fourth-order valence-electron chi connectivity index (χ4n) is 0. The van der Waals surface area contributed by atoms with Crippen molar-refractivity contribution in [3.8, 4) is 0 Å². The van der Waals surface area contributed by atoms with E-state index in [1.807, 2.05) is 0 Å². The zero-order valence-electron chi connectivity index (χ0n) is 5.92. The summed E-state index contributed by atoms with van der Waals surface area (Å²) in [6.45, 7) is 3.86. The Bertz CT molecular complexity index is 28.0. The number of aliphatic hydroxyl groups excluding tert-OH is 2. The van der Waals surface area contributed by atoms with Gasteiger partial charge in [0.1, 0.15) is 9.12 Å². The molecule has 0 aromatic heterocycles. The van der Waals surface area contributed by atoms with E-state index in [0.717, 1.165) is 0 Å². The molecule has 0 spiro atoms. The summed E-state index contributed by atoms with van der Waals surface area (Å²) in [5.41, 5.74) is 0. The van der Waals surface area contributed by atoms with Gasteiger partial charge in [-0.1, -0.05) is 0 Å². The van der Waals surface area contributed by atoms with Crippen LogP contribution in [0.1, 0.15) is 15.3 Å². The Morgan fingerprint density at radius 1 is 1.22 bits per heavy atom. The summed E-state index contributed by atoms with van der Waals surface area (Å²) in [5, 5.41) is 15.1. The Labute approximate surface area is 59.6 Å². The molecule has 5 N–H and O–H groups in total. The van der Waals surface area contributed by atoms with Gasteiger partial charge >= 0.3 is 0 Å². The van der Waals surface area contributed by atoms with Crippen LogP contribution < -0.4 is 6.15 Å². The van der Waals surface area contributed by atoms with Crippen LogP contribution in [-0.2, 0) is 4.57 Å². The van der Waals surface area contributed by atoms with E-state index in [1.54, 1.807) is 23.0 Å². The second-order valence-electron chi connectivity index (χ2n) is 0.632. The third-order valence-corrected chi connectivity index (χ3v) is 0. The van der Waals surface area contributed by atoms with Gasteiger partial charge in [-0.05, 0) is 13.8 Å². The molecule has 0 saturated heterocycles. The largest absolute Gasteiger partial charge is 0.397 e. The third-order valence-electron chi connectivity index (χ3n) is 0. The van der Waals surface area contributed by atoms with Crippen molar-refractivity contribution in [2.75, 3.05) is 13.2 Å². The summed E-state index contributed by atoms with van der Waals surface area (Å²) in [6, 6.07) is 0. The fraction of sp³-hybridized carbons (Fsp3) is 1.00. The average molecular weight is 159 g/mol. The van der Waals surface area contributed by atoms with Crippen LogP contribution in [-0.4, -0.2) is 23.4 Å². The highest BCUT2D eigenvalue weighted by Gasteiger charge is 1.34. The maximum absolute atomic E-state index is 8.06. The normalized spacial score (nSPS) is 4.44. The lowest BCUT2D eigenvalue weighted by Crippen LogP contribution is -1.57. The molecule has 4 nitrogen and oxygen atoms in total. The predicted molar refractivity (Wildman–Crippen MR) is 41.7 cm³/mol. The summed E-state index contributed by atoms with van der Waals surface area (Å²) in [4.78, 5) is 0. The molecule has 0 aromatic carbocycles. The maximum Gasteiger partial charge on any atom is 0.138 e. The van der Waals surface area contributed by atoms with Gasteiger partial charge in [-0.25, -0.2) is 0 Å². The van der Waals surface area contributed by atoms with Crippen molar-refractivity contribution >= 4 is 9.12 Å². The van der Waals surface area contributed by atoms with Gasteiger partial charge in [-0.2, -0.15) is 0 Å². The van der Waals surface area contributed by atoms with Crippen LogP contribution in [0.3, 0.4) is 0 Å². The zero-order chi connectivity index (χ0) is 7.41. The molecule has 0 bridgehead atoms. The molecule has 9 heavy (non-hydrogen) atoms. The van der Waals surface area contributed by atoms with Crippen molar-refractivity contribution in [1.82, 2.24) is 6.15 Å². The van der Waals surface area contributed by atoms with E-state index in [1.165, 1.54) is 0 Å². The van der Waals surface area contributed by atoms with Crippen molar-refractivity contribution in [3.05, 3.63) is 0 Å². The minimum atomic E-state index is 0. The Morgan fingerprint density at radius 2 is 1.22 bits per heavy atom. The Kier molecular flexibility index (Phi) is 254. The van der Waals surface area contributed by atoms with Crippen molar-refractivity contribution in [1.29, 1.82) is 0 Å². The quantitative estimate of drug-likeness (QED) is 0.457. The number of hydrogen-bond acceptors (Lipinski definition) is 4. The molecule has 5 heteroatoms. The summed E-state index contributed by atoms with van der Waals surface area (Å²) >= 11 is 0. The van der Waals surface area contributed by atoms with Gasteiger partial charge in [-0.15, -0.1) is 0 Å². The van der Waals surface area contributed by atoms with E-state index in [2.05, 4.69) is 0 Å². The first-order valence-corrected chi connectivity index (χ1v) is 2.66. The minimum absolute atomic E-state index is 0. The van der Waals surface area contributed by atoms with Gasteiger partial charge in [0.15, 0.2) is 0 Å². The van der Waals surface area contributed by atoms with Crippen molar-refractivity contribution in [2.45, 2.75) is 13.8 Å². The van der Waals surface area contributed by atoms with Crippen LogP contribution >= 0.6 is 9.12 Å². The summed E-state index contributed by atoms with van der Waals surface area (Å²) < 4.78 is 8.06. The van der Waals surface area contributed by atoms with E-state index in [9.17, 15) is 0 Å². The standard InChI is InChI=1S/2C2H6O.H3N.HOP.H2/c2*1-2-3;;1-2;/h2*3H,2H2,1H3;1H3;2H;1H. The molecule has 0 aromatic rings. The van der Waals surface area contributed by atoms with Crippen LogP contribution in [0.15, 0.2) is 0 Å². The second kappa shape index (κ2) is 99.2. The highest BCUT2D eigenvalue weighted by molar-refractivity contribution is 7.00. The average Bonchev–Trinajstić information content (AvgIpc) is 1.75. The van der Waals surface area contributed by atoms with Crippen LogP contribution in [0.5, 0.6) is 0 Å². The van der Waals surface area contributed by atoms with E-state index in [0.29, 0.717) is 0 Å². The van der Waals surface area contributed by atoms with Crippen LogP contribution in [0.4, 0.5) is 0 Å². The molecule has 0 fully saturated rings. The first-order chi connectivity index (χ1) is 3.83. The lowest BCUT2D eigenvalue weighted by Gasteiger charge is -1.52. The fourth-order valence-corrected chi connectivity index (χ4v) is 0. The van der Waals surface area contributed by atoms with Crippen LogP contribution in [0.2, 0.25) is 0 Å². The third kappa shape index (κ3) is 713000. The number of hydrogen-bond donors (Lipinski definition) is 3. The highest BCUT2D eigenvalue weighted by atomic mass is 31.0. The molecule has 0 unspecified atom stereocenters. The van der Waals surface area contributed by atoms with Crippen LogP contribution in [0, 0.1) is 0 Å². The molecule has 62 valence electrons. The van der Waals surface area contributed by atoms with Crippen molar-refractivity contribution < 1.29 is 16.2 Å². The molecule has 0 radical (unpaired) electrons. The topological polar surface area (TPSA) is 92.5 Å². The molecular weight excluding hydrogens is 141 g/mol. The van der Waals surface area contributed by atoms with E-state index in [4.69, 9.17) is 14.8 Å². The van der Waals surface area contributed by atoms with Crippen molar-refractivity contribution in [3.63, 3.8) is 0 Å². The van der Waals surface area contributed by atoms with Gasteiger partial charge in [-0.3, -0.25) is 4.57 Å². The lowest BCUT2D eigenvalue weighted by molar-refractivity contribution is 0.318. The molecule has 0 atom stereocenters. The number of rotatable bonds is 0. The van der Waals surface area contributed by atoms with Gasteiger partial charge in [0.2, 0.25) is 0 Å². The van der Waals surface area contributed by atoms with Gasteiger partial charge in [0.25, 0.3) is 0 Å². The maximum atomic E-state index is 8.06. The zero-order valence-corrected chi connectivity index (χ0v) is 6.92. The molecular formula is C4H18NO3P. The first kappa shape index (κ1) is 23.1. The van der Waals surface area contributed by atoms with Gasteiger partial charge in [0, 0.05) is 14.6 Å². The molecule has 0 heterocycles. The van der Waals surface area contributed by atoms with E-state index >= 15 is 0 Å². The van der Waals surface area contributed by atoms with Gasteiger partial charge in [0.05, 0.1) is 0 Å². The Balaban J connectivity index is -0.0000000116. The molecule has 0 aliphatic carbocycles. The first-order valence-electron chi connectivity index (χ1n) is 2.25. The Hall–Kier alpha value is -0.0200. The highest BCUT2D eigenvalue weighted by Crippen LogP contribution is 1.30. The predicted octanol–water partition coefficient (Wildman–Crippen LogP) is 0.880. The van der Waals surface area contributed by atoms with E-state index in [-0.39, 0.29) is 20.8 Å². The SMILES string of the molecule is CCO.CCO.N.O=P.[HH]. The molecule has 0 aliphatic rings. The van der Waals surface area contributed by atoms with Crippen molar-refractivity contribution in [2.24, 2.45) is 0 Å². The second-order valence-corrected chi connectivity index (χ2v) is 0.632. The summed E-state index contributed by atoms with van der Waals surface area (Å²) in [6.07, 6.45) is 0. The monoisotopic (exact) mass is 159 g/mol. The smallest absolute Gasteiger partial charge is 0.138 e. The van der Waals surface area contributed by atoms with E-state index < -0.39 is 0 Å². The summed E-state index contributed by atoms with van der Waals surface area (Å²) in [7, 11) is 1.72. The summed E-state index contributed by atoms with van der Waals surface area (Å²) in [5.74, 6) is 0. The number of aliphatic hydroxyl groups is 2.